The van der Waals surface area contributed by atoms with Crippen molar-refractivity contribution >= 4 is 46.2 Å². The summed E-state index contributed by atoms with van der Waals surface area (Å²) >= 11 is 12.6. The number of pyridine rings is 2. The first kappa shape index (κ1) is 36.2. The molecule has 8 rings (SSSR count). The highest BCUT2D eigenvalue weighted by Crippen LogP contribution is 2.23. The highest BCUT2D eigenvalue weighted by molar-refractivity contribution is 7.98. The summed E-state index contributed by atoms with van der Waals surface area (Å²) in [7, 11) is 3.98. The minimum atomic E-state index is 0.444. The summed E-state index contributed by atoms with van der Waals surface area (Å²) < 4.78 is 9.35. The van der Waals surface area contributed by atoms with Crippen molar-refractivity contribution in [3.05, 3.63) is 158 Å². The standard InChI is InChI=1S/C17H15N5S.C11H11ClN2.C10H10N4S/c1-21-11-14(13-7-3-2-4-8-13)18-16(21)12-23-17-19-15-9-5-6-10-22(15)20-17;1-14-8-10(13-11(14)7-12)9-5-3-2-4-6-9;11-9-3-1-2-5-13(9)7-10(15)14-6-4-12-8-14/h2-11H,12H2,1H3;2-6,8H,7H2,1H3;1-6,8,11H,7H2. The lowest BCUT2D eigenvalue weighted by molar-refractivity contribution is 0.763. The SMILES string of the molecule is Cn1cc(-c2ccccc2)nc1CCl.Cn1cc(-c2ccccc2)nc1CSc1nc2ccccn2n1.N=c1ccccn1CC(=S)n1ccnc1. The number of fused-ring (bicyclic) bond motifs is 1. The molecule has 0 spiro atoms. The number of nitrogens with zero attached hydrogens (tertiary/aromatic N) is 10. The second-order valence-electron chi connectivity index (χ2n) is 11.4. The second kappa shape index (κ2) is 17.5. The van der Waals surface area contributed by atoms with Crippen LogP contribution in [0.5, 0.6) is 0 Å². The third-order valence-corrected chi connectivity index (χ3v) is 9.21. The quantitative estimate of drug-likeness (QED) is 0.0988. The third-order valence-electron chi connectivity index (χ3n) is 7.79. The molecular formula is C38H36ClN11S2. The van der Waals surface area contributed by atoms with E-state index in [9.17, 15) is 0 Å². The van der Waals surface area contributed by atoms with E-state index in [1.54, 1.807) is 50.2 Å². The van der Waals surface area contributed by atoms with E-state index in [0.29, 0.717) is 17.9 Å². The Balaban J connectivity index is 0.000000140. The number of nitrogens with one attached hydrogen (secondary N) is 1. The van der Waals surface area contributed by atoms with Gasteiger partial charge < -0.3 is 13.7 Å². The number of rotatable bonds is 8. The Labute approximate surface area is 315 Å². The van der Waals surface area contributed by atoms with Gasteiger partial charge in [0.1, 0.15) is 22.1 Å². The van der Waals surface area contributed by atoms with Crippen LogP contribution in [0, 0.1) is 5.41 Å². The van der Waals surface area contributed by atoms with Gasteiger partial charge in [0, 0.05) is 62.4 Å². The number of aryl methyl sites for hydroxylation is 2. The molecule has 2 aromatic carbocycles. The van der Waals surface area contributed by atoms with Crippen LogP contribution < -0.4 is 5.49 Å². The number of hydrogen-bond acceptors (Lipinski definition) is 8. The molecule has 8 aromatic rings. The second-order valence-corrected chi connectivity index (χ2v) is 13.1. The van der Waals surface area contributed by atoms with Crippen molar-refractivity contribution in [3.63, 3.8) is 0 Å². The Bertz CT molecular complexity index is 2360. The van der Waals surface area contributed by atoms with Gasteiger partial charge in [-0.1, -0.05) is 96.8 Å². The predicted octanol–water partition coefficient (Wildman–Crippen LogP) is 7.29. The average molecular weight is 746 g/mol. The molecule has 0 radical (unpaired) electrons. The Morgan fingerprint density at radius 1 is 0.750 bits per heavy atom. The Kier molecular flexibility index (Phi) is 12.2. The van der Waals surface area contributed by atoms with Gasteiger partial charge in [0.05, 0.1) is 35.9 Å². The summed E-state index contributed by atoms with van der Waals surface area (Å²) in [5, 5.41) is 12.9. The van der Waals surface area contributed by atoms with Crippen LogP contribution in [0.1, 0.15) is 11.6 Å². The lowest BCUT2D eigenvalue weighted by atomic mass is 10.2. The summed E-state index contributed by atoms with van der Waals surface area (Å²) in [6.07, 6.45) is 12.9. The van der Waals surface area contributed by atoms with E-state index in [0.717, 1.165) is 55.7 Å². The van der Waals surface area contributed by atoms with Crippen molar-refractivity contribution in [2.24, 2.45) is 14.1 Å². The van der Waals surface area contributed by atoms with Crippen molar-refractivity contribution in [1.29, 1.82) is 5.41 Å². The molecular weight excluding hydrogens is 710 g/mol. The van der Waals surface area contributed by atoms with Gasteiger partial charge >= 0.3 is 0 Å². The number of benzene rings is 2. The van der Waals surface area contributed by atoms with E-state index in [-0.39, 0.29) is 0 Å². The van der Waals surface area contributed by atoms with E-state index in [2.05, 4.69) is 42.9 Å². The number of thiocarbonyl (C=S) groups is 1. The zero-order valence-corrected chi connectivity index (χ0v) is 31.0. The first-order valence-corrected chi connectivity index (χ1v) is 18.2. The molecule has 0 amide bonds. The van der Waals surface area contributed by atoms with Gasteiger partial charge in [-0.15, -0.1) is 16.7 Å². The molecule has 0 bridgehead atoms. The molecule has 0 unspecified atom stereocenters. The van der Waals surface area contributed by atoms with Gasteiger partial charge in [0.25, 0.3) is 0 Å². The molecule has 0 aliphatic heterocycles. The van der Waals surface area contributed by atoms with Gasteiger partial charge in [-0.25, -0.2) is 24.5 Å². The number of halogens is 1. The van der Waals surface area contributed by atoms with Crippen LogP contribution in [0.25, 0.3) is 28.2 Å². The van der Waals surface area contributed by atoms with Crippen LogP contribution in [-0.4, -0.2) is 52.8 Å². The van der Waals surface area contributed by atoms with E-state index in [1.807, 2.05) is 116 Å². The van der Waals surface area contributed by atoms with E-state index in [1.165, 1.54) is 0 Å². The lowest BCUT2D eigenvalue weighted by Gasteiger charge is -2.07. The number of hydrogen-bond donors (Lipinski definition) is 1. The molecule has 6 heterocycles. The summed E-state index contributed by atoms with van der Waals surface area (Å²) in [5.74, 6) is 3.09. The largest absolute Gasteiger partial charge is 0.337 e. The Hall–Kier alpha value is -5.63. The Morgan fingerprint density at radius 2 is 1.37 bits per heavy atom. The van der Waals surface area contributed by atoms with Crippen LogP contribution in [0.2, 0.25) is 0 Å². The number of aromatic nitrogens is 10. The molecule has 11 nitrogen and oxygen atoms in total. The molecule has 52 heavy (non-hydrogen) atoms. The van der Waals surface area contributed by atoms with Crippen molar-refractivity contribution < 1.29 is 0 Å². The van der Waals surface area contributed by atoms with Gasteiger partial charge in [-0.3, -0.25) is 9.98 Å². The zero-order chi connectivity index (χ0) is 36.3. The third kappa shape index (κ3) is 9.37. The highest BCUT2D eigenvalue weighted by atomic mass is 35.5. The average Bonchev–Trinajstić information content (AvgIpc) is 4.00. The van der Waals surface area contributed by atoms with Crippen molar-refractivity contribution in [2.75, 3.05) is 0 Å². The van der Waals surface area contributed by atoms with E-state index < -0.39 is 0 Å². The first-order chi connectivity index (χ1) is 25.4. The molecule has 0 aliphatic carbocycles. The number of imidazole rings is 3. The zero-order valence-electron chi connectivity index (χ0n) is 28.6. The molecule has 0 aliphatic rings. The van der Waals surface area contributed by atoms with Gasteiger partial charge in [0.15, 0.2) is 5.65 Å². The molecule has 0 saturated carbocycles. The smallest absolute Gasteiger partial charge is 0.209 e. The summed E-state index contributed by atoms with van der Waals surface area (Å²) in [4.78, 5) is 18.3. The maximum Gasteiger partial charge on any atom is 0.209 e. The molecule has 0 fully saturated rings. The molecule has 14 heteroatoms. The highest BCUT2D eigenvalue weighted by Gasteiger charge is 2.10. The summed E-state index contributed by atoms with van der Waals surface area (Å²) in [6, 6.07) is 31.6. The topological polar surface area (TPSA) is 112 Å². The van der Waals surface area contributed by atoms with Crippen LogP contribution in [-0.2, 0) is 32.3 Å². The molecule has 6 aromatic heterocycles. The fourth-order valence-electron chi connectivity index (χ4n) is 5.01. The van der Waals surface area contributed by atoms with Crippen LogP contribution >= 0.6 is 35.6 Å². The van der Waals surface area contributed by atoms with Gasteiger partial charge in [0.2, 0.25) is 5.16 Å². The summed E-state index contributed by atoms with van der Waals surface area (Å²) in [5.41, 5.74) is 5.53. The molecule has 1 N–H and O–H groups in total. The number of thioether (sulfide) groups is 1. The minimum absolute atomic E-state index is 0.444. The molecule has 0 atom stereocenters. The summed E-state index contributed by atoms with van der Waals surface area (Å²) in [6.45, 7) is 0.519. The first-order valence-electron chi connectivity index (χ1n) is 16.2. The Morgan fingerprint density at radius 3 is 1.96 bits per heavy atom. The number of alkyl halides is 1. The van der Waals surface area contributed by atoms with Crippen molar-refractivity contribution in [1.82, 2.24) is 47.8 Å². The fraction of sp³-hybridized carbons (Fsp3) is 0.132. The van der Waals surface area contributed by atoms with Gasteiger partial charge in [-0.2, -0.15) is 0 Å². The maximum atomic E-state index is 7.67. The van der Waals surface area contributed by atoms with E-state index >= 15 is 0 Å². The predicted molar refractivity (Wildman–Crippen MR) is 210 cm³/mol. The van der Waals surface area contributed by atoms with Crippen LogP contribution in [0.3, 0.4) is 0 Å². The van der Waals surface area contributed by atoms with Crippen LogP contribution in [0.4, 0.5) is 0 Å². The fourth-order valence-corrected chi connectivity index (χ4v) is 6.34. The van der Waals surface area contributed by atoms with Crippen molar-refractivity contribution in [2.45, 2.75) is 23.3 Å². The van der Waals surface area contributed by atoms with Crippen molar-refractivity contribution in [3.8, 4) is 22.5 Å². The monoisotopic (exact) mass is 745 g/mol. The molecule has 0 saturated heterocycles. The normalized spacial score (nSPS) is 10.7. The maximum absolute atomic E-state index is 7.67. The molecule has 262 valence electrons. The van der Waals surface area contributed by atoms with Gasteiger partial charge in [-0.05, 0) is 24.3 Å². The van der Waals surface area contributed by atoms with E-state index in [4.69, 9.17) is 34.2 Å². The van der Waals surface area contributed by atoms with Crippen LogP contribution in [0.15, 0.2) is 146 Å². The lowest BCUT2D eigenvalue weighted by Crippen LogP contribution is -2.24. The minimum Gasteiger partial charge on any atom is -0.337 e.